The van der Waals surface area contributed by atoms with Gasteiger partial charge in [0.25, 0.3) is 0 Å². The lowest BCUT2D eigenvalue weighted by molar-refractivity contribution is 0.0470. The number of hydrogen-bond acceptors (Lipinski definition) is 6. The normalized spacial score (nSPS) is 11.3. The van der Waals surface area contributed by atoms with Crippen LogP contribution in [0.2, 0.25) is 5.02 Å². The van der Waals surface area contributed by atoms with E-state index < -0.39 is 16.0 Å². The van der Waals surface area contributed by atoms with Crippen LogP contribution in [-0.2, 0) is 21.4 Å². The van der Waals surface area contributed by atoms with Crippen LogP contribution in [0.1, 0.15) is 15.9 Å². The van der Waals surface area contributed by atoms with Gasteiger partial charge < -0.3 is 14.2 Å². The molecule has 9 heteroatoms. The van der Waals surface area contributed by atoms with Crippen LogP contribution in [0, 0.1) is 0 Å². The molecule has 2 rings (SSSR count). The Morgan fingerprint density at radius 1 is 1.07 bits per heavy atom. The zero-order valence-corrected chi connectivity index (χ0v) is 16.9. The number of hydrogen-bond donors (Lipinski definition) is 0. The largest absolute Gasteiger partial charge is 0.497 e. The van der Waals surface area contributed by atoms with E-state index in [2.05, 4.69) is 0 Å². The van der Waals surface area contributed by atoms with Crippen LogP contribution in [0.5, 0.6) is 11.5 Å². The summed E-state index contributed by atoms with van der Waals surface area (Å²) in [6, 6.07) is 8.97. The summed E-state index contributed by atoms with van der Waals surface area (Å²) in [5.74, 6) is 0.360. The molecule has 0 aliphatic carbocycles. The van der Waals surface area contributed by atoms with Gasteiger partial charge in [0, 0.05) is 19.7 Å². The molecule has 27 heavy (non-hydrogen) atoms. The number of sulfonamides is 1. The van der Waals surface area contributed by atoms with Gasteiger partial charge in [-0.3, -0.25) is 0 Å². The number of carbonyl (C=O) groups excluding carboxylic acids is 1. The second-order valence-electron chi connectivity index (χ2n) is 5.68. The topological polar surface area (TPSA) is 82.1 Å². The fraction of sp³-hybridized carbons (Fsp3) is 0.278. The fourth-order valence-corrected chi connectivity index (χ4v) is 3.37. The number of halogens is 1. The molecule has 0 N–H and O–H groups in total. The molecule has 146 valence electrons. The van der Waals surface area contributed by atoms with E-state index in [9.17, 15) is 13.2 Å². The smallest absolute Gasteiger partial charge is 0.340 e. The maximum absolute atomic E-state index is 12.5. The number of ether oxygens (including phenoxy) is 3. The van der Waals surface area contributed by atoms with Crippen molar-refractivity contribution < 1.29 is 27.4 Å². The Hall–Kier alpha value is -2.29. The first-order chi connectivity index (χ1) is 12.7. The highest BCUT2D eigenvalue weighted by Gasteiger charge is 2.21. The number of nitrogens with zero attached hydrogens (tertiary/aromatic N) is 1. The standard InChI is InChI=1S/C18H20ClNO6S/c1-20(2)27(22,23)14-6-7-16(19)15(10-14)18(21)26-11-12-9-13(24-3)5-8-17(12)25-4/h5-10H,11H2,1-4H3. The summed E-state index contributed by atoms with van der Waals surface area (Å²) < 4.78 is 41.2. The van der Waals surface area contributed by atoms with E-state index in [-0.39, 0.29) is 22.1 Å². The van der Waals surface area contributed by atoms with E-state index >= 15 is 0 Å². The molecule has 0 heterocycles. The lowest BCUT2D eigenvalue weighted by atomic mass is 10.2. The van der Waals surface area contributed by atoms with Crippen molar-refractivity contribution in [3.8, 4) is 11.5 Å². The molecule has 0 saturated carbocycles. The summed E-state index contributed by atoms with van der Waals surface area (Å²) >= 11 is 6.05. The first-order valence-corrected chi connectivity index (χ1v) is 9.62. The minimum absolute atomic E-state index is 0.0403. The molecule has 0 aromatic heterocycles. The summed E-state index contributed by atoms with van der Waals surface area (Å²) in [6.07, 6.45) is 0. The third kappa shape index (κ3) is 4.71. The van der Waals surface area contributed by atoms with E-state index in [1.54, 1.807) is 18.2 Å². The van der Waals surface area contributed by atoms with Gasteiger partial charge in [0.2, 0.25) is 10.0 Å². The molecule has 0 amide bonds. The predicted octanol–water partition coefficient (Wildman–Crippen LogP) is 2.96. The van der Waals surface area contributed by atoms with Gasteiger partial charge in [0.1, 0.15) is 18.1 Å². The molecule has 0 bridgehead atoms. The zero-order chi connectivity index (χ0) is 20.2. The Kier molecular flexibility index (Phi) is 6.69. The molecule has 0 aliphatic heterocycles. The van der Waals surface area contributed by atoms with Gasteiger partial charge in [-0.25, -0.2) is 17.5 Å². The predicted molar refractivity (Wildman–Crippen MR) is 101 cm³/mol. The molecule has 2 aromatic carbocycles. The number of carbonyl (C=O) groups is 1. The average Bonchev–Trinajstić information content (AvgIpc) is 2.65. The summed E-state index contributed by atoms with van der Waals surface area (Å²) in [6.45, 7) is -0.0970. The SMILES string of the molecule is COc1ccc(OC)c(COC(=O)c2cc(S(=O)(=O)N(C)C)ccc2Cl)c1. The Balaban J connectivity index is 2.27. The molecule has 0 spiro atoms. The van der Waals surface area contributed by atoms with Crippen molar-refractivity contribution in [2.75, 3.05) is 28.3 Å². The van der Waals surface area contributed by atoms with Gasteiger partial charge in [-0.15, -0.1) is 0 Å². The van der Waals surface area contributed by atoms with Crippen molar-refractivity contribution in [1.29, 1.82) is 0 Å². The Morgan fingerprint density at radius 2 is 1.78 bits per heavy atom. The average molecular weight is 414 g/mol. The van der Waals surface area contributed by atoms with Crippen molar-refractivity contribution in [2.24, 2.45) is 0 Å². The van der Waals surface area contributed by atoms with E-state index in [1.165, 1.54) is 46.5 Å². The maximum Gasteiger partial charge on any atom is 0.340 e. The molecular weight excluding hydrogens is 394 g/mol. The molecule has 0 atom stereocenters. The maximum atomic E-state index is 12.5. The van der Waals surface area contributed by atoms with E-state index in [0.29, 0.717) is 17.1 Å². The highest BCUT2D eigenvalue weighted by Crippen LogP contribution is 2.26. The van der Waals surface area contributed by atoms with Gasteiger partial charge in [0.05, 0.1) is 29.7 Å². The fourth-order valence-electron chi connectivity index (χ4n) is 2.25. The zero-order valence-electron chi connectivity index (χ0n) is 15.4. The van der Waals surface area contributed by atoms with Crippen LogP contribution in [0.15, 0.2) is 41.3 Å². The first-order valence-electron chi connectivity index (χ1n) is 7.80. The second kappa shape index (κ2) is 8.60. The summed E-state index contributed by atoms with van der Waals surface area (Å²) in [5, 5.41) is 0.0929. The molecule has 7 nitrogen and oxygen atoms in total. The van der Waals surface area contributed by atoms with Crippen molar-refractivity contribution >= 4 is 27.6 Å². The van der Waals surface area contributed by atoms with Crippen LogP contribution >= 0.6 is 11.6 Å². The van der Waals surface area contributed by atoms with Gasteiger partial charge in [0.15, 0.2) is 0 Å². The van der Waals surface area contributed by atoms with Crippen molar-refractivity contribution in [1.82, 2.24) is 4.31 Å². The van der Waals surface area contributed by atoms with Crippen molar-refractivity contribution in [3.05, 3.63) is 52.5 Å². The highest BCUT2D eigenvalue weighted by molar-refractivity contribution is 7.89. The van der Waals surface area contributed by atoms with E-state index in [4.69, 9.17) is 25.8 Å². The quantitative estimate of drug-likeness (QED) is 0.649. The molecule has 0 unspecified atom stereocenters. The van der Waals surface area contributed by atoms with E-state index in [0.717, 1.165) is 4.31 Å². The summed E-state index contributed by atoms with van der Waals surface area (Å²) in [5.41, 5.74) is 0.555. The monoisotopic (exact) mass is 413 g/mol. The van der Waals surface area contributed by atoms with Gasteiger partial charge in [-0.1, -0.05) is 11.6 Å². The number of methoxy groups -OCH3 is 2. The van der Waals surface area contributed by atoms with Gasteiger partial charge in [-0.05, 0) is 36.4 Å². The second-order valence-corrected chi connectivity index (χ2v) is 8.24. The first kappa shape index (κ1) is 21.0. The minimum atomic E-state index is -3.71. The highest BCUT2D eigenvalue weighted by atomic mass is 35.5. The van der Waals surface area contributed by atoms with Crippen molar-refractivity contribution in [3.63, 3.8) is 0 Å². The molecule has 0 saturated heterocycles. The van der Waals surface area contributed by atoms with Crippen LogP contribution in [0.4, 0.5) is 0 Å². The van der Waals surface area contributed by atoms with Crippen LogP contribution < -0.4 is 9.47 Å². The van der Waals surface area contributed by atoms with Crippen LogP contribution in [0.25, 0.3) is 0 Å². The molecule has 0 aliphatic rings. The number of rotatable bonds is 7. The number of benzene rings is 2. The Labute approximate surface area is 163 Å². The summed E-state index contributed by atoms with van der Waals surface area (Å²) in [7, 11) is 2.11. The lowest BCUT2D eigenvalue weighted by Gasteiger charge is -2.14. The van der Waals surface area contributed by atoms with Crippen molar-refractivity contribution in [2.45, 2.75) is 11.5 Å². The Morgan fingerprint density at radius 3 is 2.37 bits per heavy atom. The molecular formula is C18H20ClNO6S. The molecule has 2 aromatic rings. The molecule has 0 fully saturated rings. The van der Waals surface area contributed by atoms with Crippen LogP contribution in [0.3, 0.4) is 0 Å². The molecule has 0 radical (unpaired) electrons. The number of esters is 1. The third-order valence-electron chi connectivity index (χ3n) is 3.78. The van der Waals surface area contributed by atoms with Crippen LogP contribution in [-0.4, -0.2) is 47.0 Å². The summed E-state index contributed by atoms with van der Waals surface area (Å²) in [4.78, 5) is 12.4. The van der Waals surface area contributed by atoms with Gasteiger partial charge >= 0.3 is 5.97 Å². The lowest BCUT2D eigenvalue weighted by Crippen LogP contribution is -2.22. The third-order valence-corrected chi connectivity index (χ3v) is 5.92. The minimum Gasteiger partial charge on any atom is -0.497 e. The van der Waals surface area contributed by atoms with E-state index in [1.807, 2.05) is 0 Å². The van der Waals surface area contributed by atoms with Gasteiger partial charge in [-0.2, -0.15) is 0 Å². The Bertz CT molecular complexity index is 943.